The lowest BCUT2D eigenvalue weighted by atomic mass is 10.1. The molecule has 1 amide bonds. The van der Waals surface area contributed by atoms with Crippen LogP contribution in [0.2, 0.25) is 5.02 Å². The molecule has 6 heteroatoms. The van der Waals surface area contributed by atoms with Crippen LogP contribution >= 0.6 is 11.6 Å². The maximum absolute atomic E-state index is 12.3. The second kappa shape index (κ2) is 8.11. The second-order valence-corrected chi connectivity index (χ2v) is 6.48. The van der Waals surface area contributed by atoms with E-state index in [-0.39, 0.29) is 11.9 Å². The van der Waals surface area contributed by atoms with E-state index in [9.17, 15) is 4.79 Å². The Morgan fingerprint density at radius 2 is 1.75 bits per heavy atom. The van der Waals surface area contributed by atoms with E-state index < -0.39 is 0 Å². The summed E-state index contributed by atoms with van der Waals surface area (Å²) in [6.45, 7) is 0. The Labute approximate surface area is 146 Å². The van der Waals surface area contributed by atoms with E-state index in [1.807, 2.05) is 18.2 Å². The highest BCUT2D eigenvalue weighted by atomic mass is 35.5. The van der Waals surface area contributed by atoms with Crippen LogP contribution in [0.5, 0.6) is 0 Å². The van der Waals surface area contributed by atoms with Crippen molar-refractivity contribution in [3.63, 3.8) is 0 Å². The molecule has 2 N–H and O–H groups in total. The molecule has 1 fully saturated rings. The van der Waals surface area contributed by atoms with Gasteiger partial charge in [0.1, 0.15) is 0 Å². The van der Waals surface area contributed by atoms with Gasteiger partial charge in [0, 0.05) is 6.04 Å². The van der Waals surface area contributed by atoms with E-state index in [1.54, 1.807) is 18.2 Å². The van der Waals surface area contributed by atoms with Gasteiger partial charge >= 0.3 is 0 Å². The third kappa shape index (κ3) is 4.45. The van der Waals surface area contributed by atoms with Crippen molar-refractivity contribution in [1.29, 1.82) is 0 Å². The minimum absolute atomic E-state index is 0.154. The van der Waals surface area contributed by atoms with Gasteiger partial charge in [-0.1, -0.05) is 49.4 Å². The fourth-order valence-electron chi connectivity index (χ4n) is 2.90. The quantitative estimate of drug-likeness (QED) is 0.810. The summed E-state index contributed by atoms with van der Waals surface area (Å²) in [4.78, 5) is 12.3. The van der Waals surface area contributed by atoms with Crippen molar-refractivity contribution < 1.29 is 4.79 Å². The third-order valence-corrected chi connectivity index (χ3v) is 4.55. The lowest BCUT2D eigenvalue weighted by molar-refractivity contribution is 0.0927. The zero-order valence-electron chi connectivity index (χ0n) is 13.5. The van der Waals surface area contributed by atoms with Crippen LogP contribution in [-0.2, 0) is 0 Å². The largest absolute Gasteiger partial charge is 0.348 e. The van der Waals surface area contributed by atoms with Crippen molar-refractivity contribution in [3.05, 3.63) is 47.1 Å². The van der Waals surface area contributed by atoms with E-state index in [0.717, 1.165) is 18.5 Å². The Bertz CT molecular complexity index is 682. The van der Waals surface area contributed by atoms with E-state index in [4.69, 9.17) is 11.6 Å². The summed E-state index contributed by atoms with van der Waals surface area (Å²) in [7, 11) is 0. The van der Waals surface area contributed by atoms with Gasteiger partial charge in [-0.15, -0.1) is 10.2 Å². The molecule has 1 aliphatic rings. The van der Waals surface area contributed by atoms with Gasteiger partial charge in [-0.3, -0.25) is 4.79 Å². The van der Waals surface area contributed by atoms with Crippen LogP contribution in [-0.4, -0.2) is 22.1 Å². The fraction of sp³-hybridized carbons (Fsp3) is 0.389. The van der Waals surface area contributed by atoms with Crippen LogP contribution in [0.3, 0.4) is 0 Å². The van der Waals surface area contributed by atoms with Gasteiger partial charge in [0.15, 0.2) is 11.5 Å². The van der Waals surface area contributed by atoms with Crippen LogP contribution in [0.1, 0.15) is 49.0 Å². The molecule has 1 aromatic heterocycles. The summed E-state index contributed by atoms with van der Waals surface area (Å²) in [5, 5.41) is 14.9. The first-order valence-electron chi connectivity index (χ1n) is 8.38. The van der Waals surface area contributed by atoms with E-state index in [1.165, 1.54) is 25.7 Å². The number of rotatable bonds is 4. The summed E-state index contributed by atoms with van der Waals surface area (Å²) in [5.41, 5.74) is 1.09. The molecule has 1 aromatic carbocycles. The molecule has 2 aromatic rings. The van der Waals surface area contributed by atoms with Crippen LogP contribution in [0.4, 0.5) is 11.5 Å². The molecule has 0 spiro atoms. The van der Waals surface area contributed by atoms with Crippen LogP contribution in [0, 0.1) is 0 Å². The topological polar surface area (TPSA) is 66.9 Å². The number of benzene rings is 1. The molecule has 0 radical (unpaired) electrons. The smallest absolute Gasteiger partial charge is 0.272 e. The summed E-state index contributed by atoms with van der Waals surface area (Å²) >= 11 is 6.10. The minimum atomic E-state index is -0.154. The number of para-hydroxylation sites is 1. The Balaban J connectivity index is 1.61. The maximum Gasteiger partial charge on any atom is 0.272 e. The van der Waals surface area contributed by atoms with Crippen molar-refractivity contribution in [3.8, 4) is 0 Å². The van der Waals surface area contributed by atoms with Crippen molar-refractivity contribution in [2.24, 2.45) is 0 Å². The molecular weight excluding hydrogens is 324 g/mol. The molecule has 5 nitrogen and oxygen atoms in total. The second-order valence-electron chi connectivity index (χ2n) is 6.07. The minimum Gasteiger partial charge on any atom is -0.348 e. The highest BCUT2D eigenvalue weighted by Gasteiger charge is 2.16. The first-order chi connectivity index (χ1) is 11.7. The summed E-state index contributed by atoms with van der Waals surface area (Å²) in [6.07, 6.45) is 6.97. The SMILES string of the molecule is O=C(NC1CCCCCC1)c1ccc(Nc2ccccc2Cl)nn1. The normalized spacial score (nSPS) is 15.5. The van der Waals surface area contributed by atoms with Gasteiger partial charge < -0.3 is 10.6 Å². The third-order valence-electron chi connectivity index (χ3n) is 4.22. The molecule has 0 aliphatic heterocycles. The predicted molar refractivity (Wildman–Crippen MR) is 95.7 cm³/mol. The number of hydrogen-bond acceptors (Lipinski definition) is 4. The van der Waals surface area contributed by atoms with Gasteiger partial charge in [-0.05, 0) is 37.1 Å². The van der Waals surface area contributed by atoms with Crippen molar-refractivity contribution in [2.45, 2.75) is 44.6 Å². The highest BCUT2D eigenvalue weighted by molar-refractivity contribution is 6.33. The summed E-state index contributed by atoms with van der Waals surface area (Å²) in [5.74, 6) is 0.396. The Kier molecular flexibility index (Phi) is 5.64. The van der Waals surface area contributed by atoms with Crippen LogP contribution < -0.4 is 10.6 Å². The molecule has 0 unspecified atom stereocenters. The van der Waals surface area contributed by atoms with E-state index >= 15 is 0 Å². The first kappa shape index (κ1) is 16.7. The lowest BCUT2D eigenvalue weighted by Gasteiger charge is -2.15. The molecule has 0 atom stereocenters. The van der Waals surface area contributed by atoms with Gasteiger partial charge in [-0.25, -0.2) is 0 Å². The number of nitrogens with zero attached hydrogens (tertiary/aromatic N) is 2. The average Bonchev–Trinajstić information content (AvgIpc) is 2.86. The molecular formula is C18H21ClN4O. The number of aromatic nitrogens is 2. The highest BCUT2D eigenvalue weighted by Crippen LogP contribution is 2.23. The number of nitrogens with one attached hydrogen (secondary N) is 2. The molecule has 126 valence electrons. The summed E-state index contributed by atoms with van der Waals surface area (Å²) in [6, 6.07) is 11.1. The van der Waals surface area contributed by atoms with Crippen LogP contribution in [0.15, 0.2) is 36.4 Å². The molecule has 24 heavy (non-hydrogen) atoms. The van der Waals surface area contributed by atoms with Crippen molar-refractivity contribution in [1.82, 2.24) is 15.5 Å². The molecule has 3 rings (SSSR count). The molecule has 0 bridgehead atoms. The van der Waals surface area contributed by atoms with Crippen molar-refractivity contribution >= 4 is 29.0 Å². The molecule has 0 saturated heterocycles. The van der Waals surface area contributed by atoms with Gasteiger partial charge in [0.2, 0.25) is 0 Å². The number of carbonyl (C=O) groups excluding carboxylic acids is 1. The lowest BCUT2D eigenvalue weighted by Crippen LogP contribution is -2.35. The van der Waals surface area contributed by atoms with Gasteiger partial charge in [0.05, 0.1) is 10.7 Å². The zero-order valence-corrected chi connectivity index (χ0v) is 14.2. The number of amides is 1. The Morgan fingerprint density at radius 3 is 2.42 bits per heavy atom. The van der Waals surface area contributed by atoms with Crippen LogP contribution in [0.25, 0.3) is 0 Å². The number of halogens is 1. The van der Waals surface area contributed by atoms with E-state index in [2.05, 4.69) is 20.8 Å². The molecule has 1 saturated carbocycles. The Hall–Kier alpha value is -2.14. The average molecular weight is 345 g/mol. The Morgan fingerprint density at radius 1 is 1.00 bits per heavy atom. The van der Waals surface area contributed by atoms with E-state index in [0.29, 0.717) is 16.5 Å². The summed E-state index contributed by atoms with van der Waals surface area (Å²) < 4.78 is 0. The number of carbonyl (C=O) groups is 1. The maximum atomic E-state index is 12.3. The van der Waals surface area contributed by atoms with Crippen molar-refractivity contribution in [2.75, 3.05) is 5.32 Å². The predicted octanol–water partition coefficient (Wildman–Crippen LogP) is 4.33. The molecule has 1 aliphatic carbocycles. The molecule has 1 heterocycles. The number of anilines is 2. The number of hydrogen-bond donors (Lipinski definition) is 2. The zero-order chi connectivity index (χ0) is 16.8. The van der Waals surface area contributed by atoms with Gasteiger partial charge in [-0.2, -0.15) is 0 Å². The fourth-order valence-corrected chi connectivity index (χ4v) is 3.09. The standard InChI is InChI=1S/C18H21ClN4O/c19-14-9-5-6-10-15(14)21-17-12-11-16(22-23-17)18(24)20-13-7-3-1-2-4-8-13/h5-6,9-13H,1-4,7-8H2,(H,20,24)(H,21,23). The first-order valence-corrected chi connectivity index (χ1v) is 8.76. The van der Waals surface area contributed by atoms with Gasteiger partial charge in [0.25, 0.3) is 5.91 Å². The monoisotopic (exact) mass is 344 g/mol.